The lowest BCUT2D eigenvalue weighted by molar-refractivity contribution is -0.387. The fourth-order valence-corrected chi connectivity index (χ4v) is 1.78. The third-order valence-electron chi connectivity index (χ3n) is 2.56. The highest BCUT2D eigenvalue weighted by molar-refractivity contribution is 6.30. The maximum atomic E-state index is 13.9. The van der Waals surface area contributed by atoms with Gasteiger partial charge in [0.15, 0.2) is 0 Å². The molecule has 1 aromatic heterocycles. The summed E-state index contributed by atoms with van der Waals surface area (Å²) in [5.41, 5.74) is -2.30. The van der Waals surface area contributed by atoms with Crippen molar-refractivity contribution in [3.8, 4) is 0 Å². The van der Waals surface area contributed by atoms with Crippen molar-refractivity contribution in [3.63, 3.8) is 0 Å². The van der Waals surface area contributed by atoms with Crippen LogP contribution in [-0.4, -0.2) is 14.5 Å². The van der Waals surface area contributed by atoms with E-state index in [1.807, 2.05) is 4.98 Å². The van der Waals surface area contributed by atoms with E-state index in [2.05, 4.69) is 0 Å². The van der Waals surface area contributed by atoms with Crippen molar-refractivity contribution in [2.45, 2.75) is 6.54 Å². The van der Waals surface area contributed by atoms with Crippen LogP contribution in [0.15, 0.2) is 34.0 Å². The molecule has 9 heteroatoms. The summed E-state index contributed by atoms with van der Waals surface area (Å²) in [7, 11) is 0. The Morgan fingerprint density at radius 2 is 2.10 bits per heavy atom. The van der Waals surface area contributed by atoms with Gasteiger partial charge in [-0.1, -0.05) is 23.7 Å². The predicted octanol–water partition coefficient (Wildman–Crippen LogP) is 1.29. The van der Waals surface area contributed by atoms with Crippen LogP contribution >= 0.6 is 11.6 Å². The minimum Gasteiger partial charge on any atom is -0.295 e. The van der Waals surface area contributed by atoms with Gasteiger partial charge in [-0.2, -0.15) is 4.39 Å². The number of benzene rings is 1. The smallest absolute Gasteiger partial charge is 0.295 e. The van der Waals surface area contributed by atoms with E-state index in [-0.39, 0.29) is 17.1 Å². The first-order valence-corrected chi connectivity index (χ1v) is 5.69. The largest absolute Gasteiger partial charge is 0.328 e. The number of nitrogens with one attached hydrogen (secondary N) is 1. The lowest BCUT2D eigenvalue weighted by atomic mass is 10.2. The highest BCUT2D eigenvalue weighted by Gasteiger charge is 2.17. The van der Waals surface area contributed by atoms with E-state index in [1.54, 1.807) is 0 Å². The van der Waals surface area contributed by atoms with Crippen molar-refractivity contribution in [2.24, 2.45) is 0 Å². The lowest BCUT2D eigenvalue weighted by Gasteiger charge is -2.06. The van der Waals surface area contributed by atoms with Crippen molar-refractivity contribution >= 4 is 17.3 Å². The molecule has 0 spiro atoms. The summed E-state index contributed by atoms with van der Waals surface area (Å²) < 4.78 is 14.8. The van der Waals surface area contributed by atoms with Crippen LogP contribution in [0.4, 0.5) is 10.1 Å². The van der Waals surface area contributed by atoms with Crippen molar-refractivity contribution < 1.29 is 9.31 Å². The maximum absolute atomic E-state index is 13.9. The molecular formula is C11H7ClFN3O4. The van der Waals surface area contributed by atoms with E-state index in [0.29, 0.717) is 0 Å². The zero-order valence-corrected chi connectivity index (χ0v) is 10.6. The summed E-state index contributed by atoms with van der Waals surface area (Å²) >= 11 is 5.57. The van der Waals surface area contributed by atoms with Crippen molar-refractivity contribution in [3.05, 3.63) is 71.8 Å². The molecular weight excluding hydrogens is 293 g/mol. The summed E-state index contributed by atoms with van der Waals surface area (Å²) in [5, 5.41) is 10.4. The molecule has 0 unspecified atom stereocenters. The molecule has 7 nitrogen and oxygen atoms in total. The number of nitro groups is 1. The molecule has 0 radical (unpaired) electrons. The number of aromatic amines is 1. The summed E-state index contributed by atoms with van der Waals surface area (Å²) in [6.45, 7) is -0.289. The number of hydrogen-bond donors (Lipinski definition) is 1. The lowest BCUT2D eigenvalue weighted by Crippen LogP contribution is -2.30. The van der Waals surface area contributed by atoms with Gasteiger partial charge in [0.2, 0.25) is 5.82 Å². The number of halogens is 2. The minimum absolute atomic E-state index is 0.0654. The SMILES string of the molecule is O=c1[nH]c(=O)n(Cc2cccc([N+](=O)[O-])c2F)cc1Cl. The fourth-order valence-electron chi connectivity index (χ4n) is 1.61. The molecule has 0 saturated heterocycles. The third-order valence-corrected chi connectivity index (χ3v) is 2.83. The molecule has 0 atom stereocenters. The van der Waals surface area contributed by atoms with Gasteiger partial charge in [0.1, 0.15) is 5.02 Å². The molecule has 1 heterocycles. The number of rotatable bonds is 3. The first-order chi connectivity index (χ1) is 9.40. The Labute approximate surface area is 115 Å². The highest BCUT2D eigenvalue weighted by Crippen LogP contribution is 2.20. The Balaban J connectivity index is 2.48. The summed E-state index contributed by atoms with van der Waals surface area (Å²) in [6.07, 6.45) is 1.04. The van der Waals surface area contributed by atoms with E-state index in [4.69, 9.17) is 11.6 Å². The van der Waals surface area contributed by atoms with Crippen LogP contribution in [0.25, 0.3) is 0 Å². The van der Waals surface area contributed by atoms with Gasteiger partial charge < -0.3 is 0 Å². The van der Waals surface area contributed by atoms with Gasteiger partial charge in [-0.15, -0.1) is 0 Å². The zero-order valence-electron chi connectivity index (χ0n) is 9.80. The maximum Gasteiger partial charge on any atom is 0.328 e. The van der Waals surface area contributed by atoms with Gasteiger partial charge in [-0.3, -0.25) is 24.5 Å². The number of H-pyrrole nitrogens is 1. The van der Waals surface area contributed by atoms with Crippen molar-refractivity contribution in [2.75, 3.05) is 0 Å². The monoisotopic (exact) mass is 299 g/mol. The predicted molar refractivity (Wildman–Crippen MR) is 68.5 cm³/mol. The Morgan fingerprint density at radius 3 is 2.75 bits per heavy atom. The van der Waals surface area contributed by atoms with Gasteiger partial charge in [0.05, 0.1) is 11.5 Å². The van der Waals surface area contributed by atoms with Crippen LogP contribution in [0.2, 0.25) is 5.02 Å². The first-order valence-electron chi connectivity index (χ1n) is 5.31. The van der Waals surface area contributed by atoms with Crippen LogP contribution in [0, 0.1) is 15.9 Å². The second-order valence-corrected chi connectivity index (χ2v) is 4.28. The number of nitro benzene ring substituents is 1. The van der Waals surface area contributed by atoms with Crippen LogP contribution in [0.3, 0.4) is 0 Å². The number of aromatic nitrogens is 2. The average Bonchev–Trinajstić information content (AvgIpc) is 2.37. The molecule has 20 heavy (non-hydrogen) atoms. The minimum atomic E-state index is -1.04. The summed E-state index contributed by atoms with van der Waals surface area (Å²) in [4.78, 5) is 34.3. The molecule has 0 amide bonds. The fraction of sp³-hybridized carbons (Fsp3) is 0.0909. The van der Waals surface area contributed by atoms with Crippen LogP contribution in [-0.2, 0) is 6.54 Å². The van der Waals surface area contributed by atoms with Crippen molar-refractivity contribution in [1.82, 2.24) is 9.55 Å². The highest BCUT2D eigenvalue weighted by atomic mass is 35.5. The van der Waals surface area contributed by atoms with E-state index < -0.39 is 27.7 Å². The molecule has 0 bridgehead atoms. The Morgan fingerprint density at radius 1 is 1.40 bits per heavy atom. The Bertz CT molecular complexity index is 799. The standard InChI is InChI=1S/C11H7ClFN3O4/c12-7-5-15(11(18)14-10(7)17)4-6-2-1-3-8(9(6)13)16(19)20/h1-3,5H,4H2,(H,14,17,18). The van der Waals surface area contributed by atoms with E-state index in [1.165, 1.54) is 12.1 Å². The summed E-state index contributed by atoms with van der Waals surface area (Å²) in [5.74, 6) is -1.04. The van der Waals surface area contributed by atoms with Crippen molar-refractivity contribution in [1.29, 1.82) is 0 Å². The molecule has 104 valence electrons. The molecule has 0 fully saturated rings. The molecule has 1 N–H and O–H groups in total. The normalized spacial score (nSPS) is 10.5. The molecule has 0 aliphatic carbocycles. The van der Waals surface area contributed by atoms with Crippen LogP contribution in [0.1, 0.15) is 5.56 Å². The van der Waals surface area contributed by atoms with Gasteiger partial charge in [0.25, 0.3) is 5.56 Å². The van der Waals surface area contributed by atoms with Crippen LogP contribution in [0.5, 0.6) is 0 Å². The van der Waals surface area contributed by atoms with E-state index in [0.717, 1.165) is 16.8 Å². The van der Waals surface area contributed by atoms with Gasteiger partial charge >= 0.3 is 11.4 Å². The van der Waals surface area contributed by atoms with Gasteiger partial charge in [-0.25, -0.2) is 4.79 Å². The quantitative estimate of drug-likeness (QED) is 0.682. The molecule has 0 aliphatic rings. The second-order valence-electron chi connectivity index (χ2n) is 3.87. The average molecular weight is 300 g/mol. The number of hydrogen-bond acceptors (Lipinski definition) is 4. The first kappa shape index (κ1) is 13.9. The zero-order chi connectivity index (χ0) is 14.9. The molecule has 1 aromatic carbocycles. The van der Waals surface area contributed by atoms with Gasteiger partial charge in [-0.05, 0) is 0 Å². The van der Waals surface area contributed by atoms with E-state index >= 15 is 0 Å². The van der Waals surface area contributed by atoms with E-state index in [9.17, 15) is 24.1 Å². The Kier molecular flexibility index (Phi) is 3.66. The van der Waals surface area contributed by atoms with Crippen LogP contribution < -0.4 is 11.2 Å². The Hall–Kier alpha value is -2.48. The topological polar surface area (TPSA) is 98.0 Å². The second kappa shape index (κ2) is 5.25. The molecule has 0 saturated carbocycles. The molecule has 2 rings (SSSR count). The number of nitrogens with zero attached hydrogens (tertiary/aromatic N) is 2. The molecule has 2 aromatic rings. The summed E-state index contributed by atoms with van der Waals surface area (Å²) in [6, 6.07) is 3.62. The van der Waals surface area contributed by atoms with Gasteiger partial charge in [0, 0.05) is 17.8 Å². The molecule has 0 aliphatic heterocycles. The third kappa shape index (κ3) is 2.59.